The molecule has 2 heterocycles. The third-order valence-electron chi connectivity index (χ3n) is 5.67. The van der Waals surface area contributed by atoms with Crippen molar-refractivity contribution < 1.29 is 4.79 Å². The Kier molecular flexibility index (Phi) is 5.74. The molecule has 0 radical (unpaired) electrons. The SMILES string of the molecule is Cl.O=C(CC1CCCN1)N1CCC2(CCCCC2)CC1. The molecule has 0 bridgehead atoms. The number of nitrogens with zero attached hydrogens (tertiary/aromatic N) is 1. The second kappa shape index (κ2) is 7.13. The van der Waals surface area contributed by atoms with Crippen molar-refractivity contribution in [2.45, 2.75) is 70.3 Å². The molecule has 4 heteroatoms. The van der Waals surface area contributed by atoms with E-state index in [0.29, 0.717) is 17.4 Å². The smallest absolute Gasteiger partial charge is 0.224 e. The maximum atomic E-state index is 12.3. The Hall–Kier alpha value is -0.280. The summed E-state index contributed by atoms with van der Waals surface area (Å²) < 4.78 is 0. The Morgan fingerprint density at radius 1 is 1.05 bits per heavy atom. The van der Waals surface area contributed by atoms with Gasteiger partial charge in [-0.05, 0) is 50.5 Å². The van der Waals surface area contributed by atoms with Gasteiger partial charge in [0, 0.05) is 25.6 Å². The summed E-state index contributed by atoms with van der Waals surface area (Å²) in [6.07, 6.45) is 12.8. The van der Waals surface area contributed by atoms with Crippen molar-refractivity contribution in [2.24, 2.45) is 5.41 Å². The predicted molar refractivity (Wildman–Crippen MR) is 84.2 cm³/mol. The van der Waals surface area contributed by atoms with E-state index in [1.807, 2.05) is 0 Å². The number of piperidine rings is 1. The van der Waals surface area contributed by atoms with Gasteiger partial charge in [0.25, 0.3) is 0 Å². The van der Waals surface area contributed by atoms with E-state index >= 15 is 0 Å². The summed E-state index contributed by atoms with van der Waals surface area (Å²) in [7, 11) is 0. The van der Waals surface area contributed by atoms with Gasteiger partial charge >= 0.3 is 0 Å². The quantitative estimate of drug-likeness (QED) is 0.850. The molecule has 0 aromatic carbocycles. The highest BCUT2D eigenvalue weighted by atomic mass is 35.5. The highest BCUT2D eigenvalue weighted by molar-refractivity contribution is 5.85. The molecule has 1 saturated carbocycles. The summed E-state index contributed by atoms with van der Waals surface area (Å²) in [6.45, 7) is 3.14. The van der Waals surface area contributed by atoms with Crippen LogP contribution in [-0.2, 0) is 4.79 Å². The minimum Gasteiger partial charge on any atom is -0.343 e. The molecular weight excluding hydrogens is 272 g/mol. The van der Waals surface area contributed by atoms with Gasteiger partial charge in [0.05, 0.1) is 0 Å². The van der Waals surface area contributed by atoms with Crippen LogP contribution in [0.1, 0.15) is 64.2 Å². The Morgan fingerprint density at radius 2 is 1.75 bits per heavy atom. The zero-order valence-electron chi connectivity index (χ0n) is 12.5. The molecule has 2 aliphatic heterocycles. The Bertz CT molecular complexity index is 312. The van der Waals surface area contributed by atoms with Crippen LogP contribution >= 0.6 is 12.4 Å². The van der Waals surface area contributed by atoms with Crippen molar-refractivity contribution in [1.29, 1.82) is 0 Å². The lowest BCUT2D eigenvalue weighted by molar-refractivity contribution is -0.134. The van der Waals surface area contributed by atoms with Crippen LogP contribution in [0.2, 0.25) is 0 Å². The van der Waals surface area contributed by atoms with Gasteiger partial charge in [0.15, 0.2) is 0 Å². The van der Waals surface area contributed by atoms with Crippen molar-refractivity contribution in [3.63, 3.8) is 0 Å². The third kappa shape index (κ3) is 3.67. The van der Waals surface area contributed by atoms with E-state index in [4.69, 9.17) is 0 Å². The minimum atomic E-state index is 0. The predicted octanol–water partition coefficient (Wildman–Crippen LogP) is 3.12. The topological polar surface area (TPSA) is 32.3 Å². The summed E-state index contributed by atoms with van der Waals surface area (Å²) in [5.41, 5.74) is 0.612. The fourth-order valence-electron chi connectivity index (χ4n) is 4.30. The molecule has 116 valence electrons. The molecule has 1 unspecified atom stereocenters. The van der Waals surface area contributed by atoms with Gasteiger partial charge in [0.2, 0.25) is 5.91 Å². The summed E-state index contributed by atoms with van der Waals surface area (Å²) in [5.74, 6) is 0.394. The van der Waals surface area contributed by atoms with Crippen molar-refractivity contribution >= 4 is 18.3 Å². The van der Waals surface area contributed by atoms with E-state index in [2.05, 4.69) is 10.2 Å². The van der Waals surface area contributed by atoms with E-state index in [1.165, 1.54) is 57.8 Å². The van der Waals surface area contributed by atoms with Crippen LogP contribution in [0.3, 0.4) is 0 Å². The average molecular weight is 301 g/mol. The number of amides is 1. The second-order valence-corrected chi connectivity index (χ2v) is 6.94. The first-order valence-electron chi connectivity index (χ1n) is 8.29. The molecule has 2 saturated heterocycles. The molecule has 3 nitrogen and oxygen atoms in total. The van der Waals surface area contributed by atoms with Gasteiger partial charge in [-0.15, -0.1) is 12.4 Å². The molecule has 1 spiro atoms. The average Bonchev–Trinajstić information content (AvgIpc) is 2.93. The fourth-order valence-corrected chi connectivity index (χ4v) is 4.30. The maximum absolute atomic E-state index is 12.3. The Morgan fingerprint density at radius 3 is 2.35 bits per heavy atom. The van der Waals surface area contributed by atoms with E-state index in [0.717, 1.165) is 26.1 Å². The van der Waals surface area contributed by atoms with Gasteiger partial charge < -0.3 is 10.2 Å². The maximum Gasteiger partial charge on any atom is 0.224 e. The van der Waals surface area contributed by atoms with Crippen molar-refractivity contribution in [2.75, 3.05) is 19.6 Å². The summed E-state index contributed by atoms with van der Waals surface area (Å²) in [5, 5.41) is 3.44. The number of carbonyl (C=O) groups is 1. The monoisotopic (exact) mass is 300 g/mol. The molecule has 20 heavy (non-hydrogen) atoms. The normalized spacial score (nSPS) is 29.2. The summed E-state index contributed by atoms with van der Waals surface area (Å²) in [6, 6.07) is 0.457. The molecular formula is C16H29ClN2O. The molecule has 1 atom stereocenters. The van der Waals surface area contributed by atoms with Crippen LogP contribution < -0.4 is 5.32 Å². The largest absolute Gasteiger partial charge is 0.343 e. The van der Waals surface area contributed by atoms with Gasteiger partial charge in [-0.2, -0.15) is 0 Å². The first kappa shape index (κ1) is 16.1. The first-order valence-corrected chi connectivity index (χ1v) is 8.29. The lowest BCUT2D eigenvalue weighted by Gasteiger charge is -2.44. The third-order valence-corrected chi connectivity index (χ3v) is 5.67. The lowest BCUT2D eigenvalue weighted by Crippen LogP contribution is -2.45. The summed E-state index contributed by atoms with van der Waals surface area (Å²) in [4.78, 5) is 14.4. The number of halogens is 1. The highest BCUT2D eigenvalue weighted by Crippen LogP contribution is 2.44. The number of carbonyl (C=O) groups excluding carboxylic acids is 1. The van der Waals surface area contributed by atoms with Gasteiger partial charge in [-0.1, -0.05) is 19.3 Å². The van der Waals surface area contributed by atoms with E-state index in [-0.39, 0.29) is 12.4 Å². The van der Waals surface area contributed by atoms with Crippen LogP contribution in [0, 0.1) is 5.41 Å². The van der Waals surface area contributed by atoms with Crippen LogP contribution in [0.25, 0.3) is 0 Å². The highest BCUT2D eigenvalue weighted by Gasteiger charge is 2.36. The van der Waals surface area contributed by atoms with Crippen molar-refractivity contribution in [1.82, 2.24) is 10.2 Å². The minimum absolute atomic E-state index is 0. The number of nitrogens with one attached hydrogen (secondary N) is 1. The van der Waals surface area contributed by atoms with Crippen molar-refractivity contribution in [3.8, 4) is 0 Å². The standard InChI is InChI=1S/C16H28N2O.ClH/c19-15(13-14-5-4-10-17-14)18-11-8-16(9-12-18)6-2-1-3-7-16;/h14,17H,1-13H2;1H. The van der Waals surface area contributed by atoms with Crippen LogP contribution in [-0.4, -0.2) is 36.5 Å². The number of hydrogen-bond donors (Lipinski definition) is 1. The van der Waals surface area contributed by atoms with Crippen LogP contribution in [0.15, 0.2) is 0 Å². The zero-order chi connectivity index (χ0) is 13.1. The zero-order valence-corrected chi connectivity index (χ0v) is 13.3. The molecule has 3 aliphatic rings. The van der Waals surface area contributed by atoms with Crippen molar-refractivity contribution in [3.05, 3.63) is 0 Å². The van der Waals surface area contributed by atoms with E-state index in [1.54, 1.807) is 0 Å². The van der Waals surface area contributed by atoms with Crippen LogP contribution in [0.5, 0.6) is 0 Å². The first-order chi connectivity index (χ1) is 9.27. The van der Waals surface area contributed by atoms with E-state index in [9.17, 15) is 4.79 Å². The Labute approximate surface area is 129 Å². The van der Waals surface area contributed by atoms with Gasteiger partial charge in [0.1, 0.15) is 0 Å². The number of likely N-dealkylation sites (tertiary alicyclic amines) is 1. The Balaban J connectivity index is 0.00000147. The number of rotatable bonds is 2. The molecule has 1 N–H and O–H groups in total. The summed E-state index contributed by atoms with van der Waals surface area (Å²) >= 11 is 0. The molecule has 0 aromatic rings. The van der Waals surface area contributed by atoms with Gasteiger partial charge in [-0.25, -0.2) is 0 Å². The molecule has 1 aliphatic carbocycles. The molecule has 0 aromatic heterocycles. The molecule has 3 rings (SSSR count). The number of hydrogen-bond acceptors (Lipinski definition) is 2. The van der Waals surface area contributed by atoms with Crippen LogP contribution in [0.4, 0.5) is 0 Å². The second-order valence-electron chi connectivity index (χ2n) is 6.94. The van der Waals surface area contributed by atoms with E-state index < -0.39 is 0 Å². The fraction of sp³-hybridized carbons (Fsp3) is 0.938. The molecule has 1 amide bonds. The lowest BCUT2D eigenvalue weighted by atomic mass is 9.68. The van der Waals surface area contributed by atoms with Gasteiger partial charge in [-0.3, -0.25) is 4.79 Å². The molecule has 3 fully saturated rings.